The van der Waals surface area contributed by atoms with Crippen molar-refractivity contribution >= 4 is 40.7 Å². The van der Waals surface area contributed by atoms with Crippen LogP contribution in [0.3, 0.4) is 0 Å². The van der Waals surface area contributed by atoms with Crippen LogP contribution >= 0.6 is 11.6 Å². The molecule has 1 aliphatic rings. The van der Waals surface area contributed by atoms with Crippen LogP contribution in [-0.4, -0.2) is 23.8 Å². The minimum absolute atomic E-state index is 0.0826. The predicted octanol–water partition coefficient (Wildman–Crippen LogP) is 2.77. The first-order chi connectivity index (χ1) is 12.0. The average molecular weight is 361 g/mol. The first-order valence-corrected chi connectivity index (χ1v) is 7.85. The number of hydrogen-bond acceptors (Lipinski definition) is 4. The van der Waals surface area contributed by atoms with Crippen molar-refractivity contribution in [3.8, 4) is 0 Å². The minimum atomic E-state index is -0.899. The summed E-state index contributed by atoms with van der Waals surface area (Å²) >= 11 is 5.69. The van der Waals surface area contributed by atoms with Gasteiger partial charge in [0.15, 0.2) is 0 Å². The molecule has 25 heavy (non-hydrogen) atoms. The highest BCUT2D eigenvalue weighted by Gasteiger charge is 2.27. The van der Waals surface area contributed by atoms with Gasteiger partial charge in [-0.2, -0.15) is 0 Å². The molecule has 2 aromatic carbocycles. The van der Waals surface area contributed by atoms with Crippen molar-refractivity contribution in [2.45, 2.75) is 12.5 Å². The highest BCUT2D eigenvalue weighted by molar-refractivity contribution is 6.31. The van der Waals surface area contributed by atoms with E-state index in [1.807, 2.05) is 18.2 Å². The highest BCUT2D eigenvalue weighted by Crippen LogP contribution is 2.20. The lowest BCUT2D eigenvalue weighted by Gasteiger charge is -2.21. The Labute approximate surface area is 148 Å². The fraction of sp³-hybridized carbons (Fsp3) is 0.118. The van der Waals surface area contributed by atoms with Gasteiger partial charge < -0.3 is 10.6 Å². The summed E-state index contributed by atoms with van der Waals surface area (Å²) in [5.41, 5.74) is 1.06. The van der Waals surface area contributed by atoms with Gasteiger partial charge in [0.1, 0.15) is 11.9 Å². The Balaban J connectivity index is 1.73. The van der Waals surface area contributed by atoms with E-state index < -0.39 is 17.8 Å². The van der Waals surface area contributed by atoms with E-state index in [1.165, 1.54) is 12.1 Å². The zero-order valence-electron chi connectivity index (χ0n) is 12.9. The fourth-order valence-corrected chi connectivity index (χ4v) is 2.45. The molecule has 0 fully saturated rings. The van der Waals surface area contributed by atoms with Crippen LogP contribution in [0.15, 0.2) is 53.5 Å². The Morgan fingerprint density at radius 3 is 2.68 bits per heavy atom. The van der Waals surface area contributed by atoms with E-state index in [0.717, 1.165) is 11.8 Å². The van der Waals surface area contributed by atoms with Gasteiger partial charge in [0, 0.05) is 11.4 Å². The molecule has 3 rings (SSSR count). The van der Waals surface area contributed by atoms with Crippen LogP contribution in [0.25, 0.3) is 0 Å². The van der Waals surface area contributed by atoms with Crippen LogP contribution in [0, 0.1) is 5.82 Å². The third-order valence-electron chi connectivity index (χ3n) is 3.45. The number of anilines is 2. The lowest BCUT2D eigenvalue weighted by Crippen LogP contribution is -2.45. The molecule has 128 valence electrons. The van der Waals surface area contributed by atoms with Gasteiger partial charge in [-0.25, -0.2) is 9.38 Å². The van der Waals surface area contributed by atoms with Crippen LogP contribution in [0.1, 0.15) is 6.42 Å². The second-order valence-corrected chi connectivity index (χ2v) is 5.76. The number of carbonyl (C=O) groups excluding carboxylic acids is 2. The molecule has 0 unspecified atom stereocenters. The summed E-state index contributed by atoms with van der Waals surface area (Å²) in [6.45, 7) is 0. The number of amides is 2. The summed E-state index contributed by atoms with van der Waals surface area (Å²) in [6, 6.07) is 12.1. The standard InChI is InChI=1S/C17H14ClFN4O2/c18-12-8-11(6-7-13(12)19)20-16(25)14-9-15(24)23-17(22-14)21-10-4-2-1-3-5-10/h1-8,14H,9H2,(H,20,25)(H2,21,22,23,24)/t14-/m0/s1. The van der Waals surface area contributed by atoms with Crippen LogP contribution in [-0.2, 0) is 9.59 Å². The molecule has 0 spiro atoms. The van der Waals surface area contributed by atoms with Crippen LogP contribution in [0.5, 0.6) is 0 Å². The largest absolute Gasteiger partial charge is 0.326 e. The summed E-state index contributed by atoms with van der Waals surface area (Å²) in [4.78, 5) is 28.4. The summed E-state index contributed by atoms with van der Waals surface area (Å²) in [7, 11) is 0. The molecular formula is C17H14ClFN4O2. The summed E-state index contributed by atoms with van der Waals surface area (Å²) in [5.74, 6) is -1.19. The number of carbonyl (C=O) groups is 2. The number of aliphatic imine (C=N–C) groups is 1. The lowest BCUT2D eigenvalue weighted by molar-refractivity contribution is -0.124. The number of para-hydroxylation sites is 1. The number of rotatable bonds is 3. The Bertz CT molecular complexity index is 842. The van der Waals surface area contributed by atoms with Gasteiger partial charge in [-0.15, -0.1) is 0 Å². The lowest BCUT2D eigenvalue weighted by atomic mass is 10.1. The average Bonchev–Trinajstić information content (AvgIpc) is 2.58. The van der Waals surface area contributed by atoms with E-state index in [1.54, 1.807) is 12.1 Å². The van der Waals surface area contributed by atoms with Gasteiger partial charge in [-0.3, -0.25) is 14.9 Å². The Hall–Kier alpha value is -2.93. The second kappa shape index (κ2) is 7.31. The van der Waals surface area contributed by atoms with Crippen molar-refractivity contribution in [2.24, 2.45) is 4.99 Å². The Morgan fingerprint density at radius 2 is 1.96 bits per heavy atom. The minimum Gasteiger partial charge on any atom is -0.326 e. The van der Waals surface area contributed by atoms with Crippen molar-refractivity contribution in [1.29, 1.82) is 0 Å². The molecule has 6 nitrogen and oxygen atoms in total. The van der Waals surface area contributed by atoms with E-state index >= 15 is 0 Å². The quantitative estimate of drug-likeness (QED) is 0.787. The molecule has 1 heterocycles. The zero-order valence-corrected chi connectivity index (χ0v) is 13.7. The molecule has 0 saturated carbocycles. The first kappa shape index (κ1) is 16.9. The van der Waals surface area contributed by atoms with E-state index in [4.69, 9.17) is 11.6 Å². The van der Waals surface area contributed by atoms with Gasteiger partial charge in [-0.05, 0) is 30.3 Å². The maximum atomic E-state index is 13.2. The van der Waals surface area contributed by atoms with Gasteiger partial charge >= 0.3 is 0 Å². The molecule has 2 aromatic rings. The number of guanidine groups is 1. The molecule has 3 N–H and O–H groups in total. The fourth-order valence-electron chi connectivity index (χ4n) is 2.26. The molecule has 0 aromatic heterocycles. The number of halogens is 2. The molecular weight excluding hydrogens is 347 g/mol. The third kappa shape index (κ3) is 4.33. The number of nitrogens with one attached hydrogen (secondary N) is 3. The first-order valence-electron chi connectivity index (χ1n) is 7.47. The van der Waals surface area contributed by atoms with Crippen LogP contribution in [0.4, 0.5) is 15.8 Å². The van der Waals surface area contributed by atoms with Crippen LogP contribution < -0.4 is 16.0 Å². The maximum absolute atomic E-state index is 13.2. The van der Waals surface area contributed by atoms with Crippen molar-refractivity contribution in [1.82, 2.24) is 5.32 Å². The summed E-state index contributed by atoms with van der Waals surface area (Å²) < 4.78 is 13.2. The molecule has 0 radical (unpaired) electrons. The Kier molecular flexibility index (Phi) is 4.95. The maximum Gasteiger partial charge on any atom is 0.249 e. The van der Waals surface area contributed by atoms with Gasteiger partial charge in [0.25, 0.3) is 0 Å². The zero-order chi connectivity index (χ0) is 17.8. The summed E-state index contributed by atoms with van der Waals surface area (Å²) in [5, 5.41) is 8.00. The van der Waals surface area contributed by atoms with E-state index in [2.05, 4.69) is 20.9 Å². The van der Waals surface area contributed by atoms with Gasteiger partial charge in [0.05, 0.1) is 11.4 Å². The number of benzene rings is 2. The van der Waals surface area contributed by atoms with Crippen molar-refractivity contribution in [3.63, 3.8) is 0 Å². The molecule has 1 aliphatic heterocycles. The molecule has 0 bridgehead atoms. The second-order valence-electron chi connectivity index (χ2n) is 5.35. The normalized spacial score (nSPS) is 16.6. The monoisotopic (exact) mass is 360 g/mol. The molecule has 8 heteroatoms. The Morgan fingerprint density at radius 1 is 1.20 bits per heavy atom. The summed E-state index contributed by atoms with van der Waals surface area (Å²) in [6.07, 6.45) is -0.0826. The van der Waals surface area contributed by atoms with Gasteiger partial charge in [-0.1, -0.05) is 29.8 Å². The van der Waals surface area contributed by atoms with E-state index in [0.29, 0.717) is 5.69 Å². The van der Waals surface area contributed by atoms with Gasteiger partial charge in [0.2, 0.25) is 17.8 Å². The molecule has 2 amide bonds. The molecule has 0 aliphatic carbocycles. The molecule has 0 saturated heterocycles. The topological polar surface area (TPSA) is 82.6 Å². The third-order valence-corrected chi connectivity index (χ3v) is 3.74. The molecule has 1 atom stereocenters. The van der Waals surface area contributed by atoms with Crippen molar-refractivity contribution in [3.05, 3.63) is 59.4 Å². The number of nitrogens with zero attached hydrogens (tertiary/aromatic N) is 1. The predicted molar refractivity (Wildman–Crippen MR) is 94.1 cm³/mol. The van der Waals surface area contributed by atoms with Crippen LogP contribution in [0.2, 0.25) is 5.02 Å². The highest BCUT2D eigenvalue weighted by atomic mass is 35.5. The smallest absolute Gasteiger partial charge is 0.249 e. The number of hydrogen-bond donors (Lipinski definition) is 3. The van der Waals surface area contributed by atoms with Crippen molar-refractivity contribution in [2.75, 3.05) is 10.6 Å². The SMILES string of the molecule is O=C1C[C@@H](C(=O)Nc2ccc(F)c(Cl)c2)N=C(Nc2ccccc2)N1. The van der Waals surface area contributed by atoms with Crippen molar-refractivity contribution < 1.29 is 14.0 Å². The van der Waals surface area contributed by atoms with E-state index in [-0.39, 0.29) is 23.3 Å². The van der Waals surface area contributed by atoms with E-state index in [9.17, 15) is 14.0 Å².